The molecule has 0 heterocycles. The van der Waals surface area contributed by atoms with Gasteiger partial charge in [0.15, 0.2) is 0 Å². The number of methoxy groups -OCH3 is 1. The van der Waals surface area contributed by atoms with Gasteiger partial charge in [-0.15, -0.1) is 11.8 Å². The number of benzene rings is 1. The summed E-state index contributed by atoms with van der Waals surface area (Å²) in [5.41, 5.74) is 0. The summed E-state index contributed by atoms with van der Waals surface area (Å²) < 4.78 is 5.06. The molecule has 0 fully saturated rings. The molecule has 0 unspecified atom stereocenters. The topological polar surface area (TPSA) is 33.0 Å². The highest BCUT2D eigenvalue weighted by atomic mass is 32.2. The number of nitrogens with zero attached hydrogens (tertiary/aromatic N) is 1. The van der Waals surface area contributed by atoms with Crippen molar-refractivity contribution < 1.29 is 4.74 Å². The van der Waals surface area contributed by atoms with Crippen LogP contribution in [0.15, 0.2) is 29.2 Å². The second-order valence-corrected chi connectivity index (χ2v) is 3.95. The van der Waals surface area contributed by atoms with Crippen LogP contribution in [0.5, 0.6) is 5.75 Å². The van der Waals surface area contributed by atoms with E-state index in [1.165, 1.54) is 4.90 Å². The van der Waals surface area contributed by atoms with Crippen molar-refractivity contribution in [2.75, 3.05) is 12.9 Å². The molecule has 0 aliphatic heterocycles. The molecule has 0 saturated heterocycles. The molecule has 2 nitrogen and oxygen atoms in total. The maximum Gasteiger partial charge on any atom is 0.118 e. The number of unbranched alkanes of at least 4 members (excludes halogenated alkanes) is 1. The van der Waals surface area contributed by atoms with Gasteiger partial charge in [0, 0.05) is 11.3 Å². The number of nitriles is 1. The van der Waals surface area contributed by atoms with Crippen molar-refractivity contribution in [3.8, 4) is 11.8 Å². The van der Waals surface area contributed by atoms with E-state index in [9.17, 15) is 0 Å². The van der Waals surface area contributed by atoms with E-state index < -0.39 is 0 Å². The summed E-state index contributed by atoms with van der Waals surface area (Å²) >= 11 is 1.77. The molecule has 0 spiro atoms. The Kier molecular flexibility index (Phi) is 4.95. The van der Waals surface area contributed by atoms with Crippen molar-refractivity contribution in [1.82, 2.24) is 0 Å². The van der Waals surface area contributed by atoms with E-state index in [2.05, 4.69) is 6.07 Å². The molecule has 3 heteroatoms. The first kappa shape index (κ1) is 10.9. The van der Waals surface area contributed by atoms with Gasteiger partial charge < -0.3 is 4.74 Å². The van der Waals surface area contributed by atoms with E-state index in [4.69, 9.17) is 10.00 Å². The molecule has 1 aromatic carbocycles. The van der Waals surface area contributed by atoms with Crippen molar-refractivity contribution >= 4 is 11.8 Å². The molecular weight excluding hydrogens is 194 g/mol. The van der Waals surface area contributed by atoms with E-state index in [1.807, 2.05) is 24.3 Å². The molecule has 0 aliphatic rings. The molecule has 74 valence electrons. The van der Waals surface area contributed by atoms with Gasteiger partial charge in [0.1, 0.15) is 5.75 Å². The van der Waals surface area contributed by atoms with Crippen LogP contribution in [0.3, 0.4) is 0 Å². The molecule has 1 rings (SSSR count). The Hall–Kier alpha value is -1.14. The lowest BCUT2D eigenvalue weighted by atomic mass is 10.3. The number of ether oxygens (including phenoxy) is 1. The van der Waals surface area contributed by atoms with Gasteiger partial charge in [0.25, 0.3) is 0 Å². The van der Waals surface area contributed by atoms with Gasteiger partial charge in [-0.2, -0.15) is 5.26 Å². The lowest BCUT2D eigenvalue weighted by Crippen LogP contribution is -1.82. The zero-order chi connectivity index (χ0) is 10.2. The third kappa shape index (κ3) is 3.71. The van der Waals surface area contributed by atoms with Crippen molar-refractivity contribution in [1.29, 1.82) is 5.26 Å². The fourth-order valence-electron chi connectivity index (χ4n) is 1.01. The maximum absolute atomic E-state index is 8.36. The second kappa shape index (κ2) is 6.33. The van der Waals surface area contributed by atoms with Crippen molar-refractivity contribution in [2.24, 2.45) is 0 Å². The molecule has 0 radical (unpaired) electrons. The van der Waals surface area contributed by atoms with Gasteiger partial charge in [-0.05, 0) is 36.4 Å². The Morgan fingerprint density at radius 2 is 2.07 bits per heavy atom. The van der Waals surface area contributed by atoms with E-state index in [1.54, 1.807) is 18.9 Å². The third-order valence-corrected chi connectivity index (χ3v) is 2.86. The summed E-state index contributed by atoms with van der Waals surface area (Å²) in [5, 5.41) is 8.36. The van der Waals surface area contributed by atoms with Gasteiger partial charge in [0.05, 0.1) is 13.2 Å². The van der Waals surface area contributed by atoms with Gasteiger partial charge in [0.2, 0.25) is 0 Å². The van der Waals surface area contributed by atoms with Crippen molar-refractivity contribution in [3.63, 3.8) is 0 Å². The first-order chi connectivity index (χ1) is 6.86. The number of thioether (sulfide) groups is 1. The summed E-state index contributed by atoms with van der Waals surface area (Å²) in [6, 6.07) is 10.1. The Labute approximate surface area is 88.9 Å². The largest absolute Gasteiger partial charge is 0.497 e. The zero-order valence-corrected chi connectivity index (χ0v) is 9.01. The fraction of sp³-hybridized carbons (Fsp3) is 0.364. The van der Waals surface area contributed by atoms with Gasteiger partial charge in [-0.25, -0.2) is 0 Å². The smallest absolute Gasteiger partial charge is 0.118 e. The highest BCUT2D eigenvalue weighted by molar-refractivity contribution is 7.99. The average Bonchev–Trinajstić information content (AvgIpc) is 2.25. The average molecular weight is 207 g/mol. The standard InChI is InChI=1S/C11H13NOS/c1-13-10-4-6-11(7-5-10)14-9-3-2-8-12/h4-7H,2-3,9H2,1H3. The normalized spacial score (nSPS) is 9.43. The molecule has 1 aromatic rings. The van der Waals surface area contributed by atoms with E-state index in [0.717, 1.165) is 17.9 Å². The van der Waals surface area contributed by atoms with Crippen LogP contribution in [0.25, 0.3) is 0 Å². The molecular formula is C11H13NOS. The lowest BCUT2D eigenvalue weighted by Gasteiger charge is -2.01. The van der Waals surface area contributed by atoms with Crippen LogP contribution in [-0.2, 0) is 0 Å². The molecule has 0 aliphatic carbocycles. The minimum absolute atomic E-state index is 0.642. The fourth-order valence-corrected chi connectivity index (χ4v) is 1.87. The Balaban J connectivity index is 2.33. The summed E-state index contributed by atoms with van der Waals surface area (Å²) in [4.78, 5) is 1.23. The summed E-state index contributed by atoms with van der Waals surface area (Å²) in [5.74, 6) is 1.88. The summed E-state index contributed by atoms with van der Waals surface area (Å²) in [6.45, 7) is 0. The maximum atomic E-state index is 8.36. The van der Waals surface area contributed by atoms with Crippen LogP contribution in [0.2, 0.25) is 0 Å². The highest BCUT2D eigenvalue weighted by Crippen LogP contribution is 2.21. The molecule has 0 saturated carbocycles. The second-order valence-electron chi connectivity index (χ2n) is 2.79. The Morgan fingerprint density at radius 3 is 2.64 bits per heavy atom. The first-order valence-corrected chi connectivity index (χ1v) is 5.49. The monoisotopic (exact) mass is 207 g/mol. The Bertz CT molecular complexity index is 302. The highest BCUT2D eigenvalue weighted by Gasteiger charge is 1.94. The SMILES string of the molecule is COc1ccc(SCCCC#N)cc1. The van der Waals surface area contributed by atoms with E-state index in [-0.39, 0.29) is 0 Å². The minimum Gasteiger partial charge on any atom is -0.497 e. The van der Waals surface area contributed by atoms with Crippen LogP contribution < -0.4 is 4.74 Å². The molecule has 0 bridgehead atoms. The van der Waals surface area contributed by atoms with Crippen LogP contribution in [0.4, 0.5) is 0 Å². The van der Waals surface area contributed by atoms with Crippen LogP contribution in [0.1, 0.15) is 12.8 Å². The minimum atomic E-state index is 0.642. The summed E-state index contributed by atoms with van der Waals surface area (Å²) in [6.07, 6.45) is 1.59. The predicted octanol–water partition coefficient (Wildman–Crippen LogP) is 3.09. The first-order valence-electron chi connectivity index (χ1n) is 4.50. The van der Waals surface area contributed by atoms with Gasteiger partial charge in [-0.1, -0.05) is 0 Å². The van der Waals surface area contributed by atoms with E-state index >= 15 is 0 Å². The molecule has 0 atom stereocenters. The van der Waals surface area contributed by atoms with Gasteiger partial charge >= 0.3 is 0 Å². The van der Waals surface area contributed by atoms with Crippen LogP contribution in [-0.4, -0.2) is 12.9 Å². The number of hydrogen-bond acceptors (Lipinski definition) is 3. The van der Waals surface area contributed by atoms with Crippen LogP contribution >= 0.6 is 11.8 Å². The predicted molar refractivity (Wildman–Crippen MR) is 58.6 cm³/mol. The Morgan fingerprint density at radius 1 is 1.36 bits per heavy atom. The molecule has 0 N–H and O–H groups in total. The van der Waals surface area contributed by atoms with E-state index in [0.29, 0.717) is 6.42 Å². The number of rotatable bonds is 5. The van der Waals surface area contributed by atoms with Crippen LogP contribution in [0, 0.1) is 11.3 Å². The molecule has 0 amide bonds. The number of hydrogen-bond donors (Lipinski definition) is 0. The van der Waals surface area contributed by atoms with Crippen molar-refractivity contribution in [3.05, 3.63) is 24.3 Å². The van der Waals surface area contributed by atoms with Crippen molar-refractivity contribution in [2.45, 2.75) is 17.7 Å². The zero-order valence-electron chi connectivity index (χ0n) is 8.19. The quantitative estimate of drug-likeness (QED) is 0.549. The lowest BCUT2D eigenvalue weighted by molar-refractivity contribution is 0.414. The van der Waals surface area contributed by atoms with Gasteiger partial charge in [-0.3, -0.25) is 0 Å². The summed E-state index contributed by atoms with van der Waals surface area (Å²) in [7, 11) is 1.66. The molecule has 0 aromatic heterocycles. The molecule has 14 heavy (non-hydrogen) atoms. The third-order valence-electron chi connectivity index (χ3n) is 1.76.